The molecule has 0 atom stereocenters. The Morgan fingerprint density at radius 1 is 0.840 bits per heavy atom. The molecule has 0 spiro atoms. The van der Waals surface area contributed by atoms with Crippen LogP contribution in [0.1, 0.15) is 88.4 Å². The van der Waals surface area contributed by atoms with Crippen LogP contribution in [0.5, 0.6) is 0 Å². The molecule has 0 aromatic heterocycles. The molecular weight excluding hydrogens is 310 g/mol. The van der Waals surface area contributed by atoms with Crippen molar-refractivity contribution < 1.29 is 9.59 Å². The molecule has 3 heteroatoms. The SMILES string of the molecule is CCCCCCC(CCCCCC)C(=O)CNC(=O)c1ccccc1. The zero-order valence-corrected chi connectivity index (χ0v) is 16.1. The minimum atomic E-state index is -0.162. The van der Waals surface area contributed by atoms with E-state index in [1.54, 1.807) is 12.1 Å². The van der Waals surface area contributed by atoms with Gasteiger partial charge in [-0.05, 0) is 25.0 Å². The maximum absolute atomic E-state index is 12.6. The number of carbonyl (C=O) groups is 2. The number of rotatable bonds is 14. The summed E-state index contributed by atoms with van der Waals surface area (Å²) in [4.78, 5) is 24.7. The van der Waals surface area contributed by atoms with Crippen molar-refractivity contribution in [3.8, 4) is 0 Å². The van der Waals surface area contributed by atoms with E-state index in [0.717, 1.165) is 25.7 Å². The molecule has 0 aliphatic rings. The fraction of sp³-hybridized carbons (Fsp3) is 0.636. The molecule has 0 saturated heterocycles. The Morgan fingerprint density at radius 2 is 1.40 bits per heavy atom. The van der Waals surface area contributed by atoms with E-state index in [1.165, 1.54) is 38.5 Å². The van der Waals surface area contributed by atoms with Gasteiger partial charge in [-0.25, -0.2) is 0 Å². The summed E-state index contributed by atoms with van der Waals surface area (Å²) in [6.45, 7) is 4.55. The second-order valence-electron chi connectivity index (χ2n) is 6.91. The molecule has 1 rings (SSSR count). The monoisotopic (exact) mass is 345 g/mol. The minimum Gasteiger partial charge on any atom is -0.345 e. The Labute approximate surface area is 153 Å². The number of unbranched alkanes of at least 4 members (excludes halogenated alkanes) is 6. The summed E-state index contributed by atoms with van der Waals surface area (Å²) in [7, 11) is 0. The van der Waals surface area contributed by atoms with Crippen LogP contribution in [-0.2, 0) is 4.79 Å². The van der Waals surface area contributed by atoms with Gasteiger partial charge in [-0.2, -0.15) is 0 Å². The summed E-state index contributed by atoms with van der Waals surface area (Å²) in [6.07, 6.45) is 11.5. The Bertz CT molecular complexity index is 472. The summed E-state index contributed by atoms with van der Waals surface area (Å²) in [5, 5.41) is 2.79. The van der Waals surface area contributed by atoms with E-state index >= 15 is 0 Å². The van der Waals surface area contributed by atoms with Gasteiger partial charge >= 0.3 is 0 Å². The average Bonchev–Trinajstić information content (AvgIpc) is 2.65. The zero-order valence-electron chi connectivity index (χ0n) is 16.1. The number of benzene rings is 1. The van der Waals surface area contributed by atoms with E-state index < -0.39 is 0 Å². The molecule has 1 aromatic carbocycles. The second-order valence-corrected chi connectivity index (χ2v) is 6.91. The number of amides is 1. The molecule has 1 aromatic rings. The lowest BCUT2D eigenvalue weighted by Gasteiger charge is -2.16. The predicted octanol–water partition coefficient (Wildman–Crippen LogP) is 5.54. The third kappa shape index (κ3) is 9.42. The van der Waals surface area contributed by atoms with E-state index in [0.29, 0.717) is 5.56 Å². The van der Waals surface area contributed by atoms with Crippen molar-refractivity contribution in [2.24, 2.45) is 5.92 Å². The molecule has 0 aliphatic carbocycles. The number of nitrogens with one attached hydrogen (secondary N) is 1. The second kappa shape index (κ2) is 13.6. The third-order valence-corrected chi connectivity index (χ3v) is 4.73. The van der Waals surface area contributed by atoms with Gasteiger partial charge in [0.1, 0.15) is 0 Å². The zero-order chi connectivity index (χ0) is 18.3. The normalized spacial score (nSPS) is 10.8. The summed E-state index contributed by atoms with van der Waals surface area (Å²) in [5.41, 5.74) is 0.609. The van der Waals surface area contributed by atoms with E-state index in [4.69, 9.17) is 0 Å². The summed E-state index contributed by atoms with van der Waals surface area (Å²) in [5.74, 6) is 0.131. The minimum absolute atomic E-state index is 0.102. The molecule has 0 aliphatic heterocycles. The van der Waals surface area contributed by atoms with Crippen LogP contribution in [0.2, 0.25) is 0 Å². The highest BCUT2D eigenvalue weighted by atomic mass is 16.2. The van der Waals surface area contributed by atoms with E-state index in [1.807, 2.05) is 18.2 Å². The maximum atomic E-state index is 12.6. The predicted molar refractivity (Wildman–Crippen MR) is 105 cm³/mol. The maximum Gasteiger partial charge on any atom is 0.251 e. The molecule has 0 fully saturated rings. The molecule has 0 saturated carbocycles. The summed E-state index contributed by atoms with van der Waals surface area (Å²) in [6, 6.07) is 9.09. The highest BCUT2D eigenvalue weighted by Gasteiger charge is 2.18. The van der Waals surface area contributed by atoms with Gasteiger partial charge in [0.2, 0.25) is 0 Å². The Morgan fingerprint density at radius 3 is 1.92 bits per heavy atom. The topological polar surface area (TPSA) is 46.2 Å². The molecule has 1 amide bonds. The highest BCUT2D eigenvalue weighted by molar-refractivity contribution is 5.97. The Hall–Kier alpha value is -1.64. The lowest BCUT2D eigenvalue weighted by molar-refractivity contribution is -0.122. The van der Waals surface area contributed by atoms with E-state index in [2.05, 4.69) is 19.2 Å². The Balaban J connectivity index is 2.44. The summed E-state index contributed by atoms with van der Waals surface area (Å²) < 4.78 is 0. The van der Waals surface area contributed by atoms with Crippen LogP contribution < -0.4 is 5.32 Å². The van der Waals surface area contributed by atoms with E-state index in [9.17, 15) is 9.59 Å². The number of hydrogen-bond acceptors (Lipinski definition) is 2. The molecule has 25 heavy (non-hydrogen) atoms. The standard InChI is InChI=1S/C22H35NO2/c1-3-5-7-10-14-19(15-11-8-6-4-2)21(24)18-23-22(25)20-16-12-9-13-17-20/h9,12-13,16-17,19H,3-8,10-11,14-15,18H2,1-2H3,(H,23,25). The van der Waals surface area contributed by atoms with Crippen molar-refractivity contribution in [3.63, 3.8) is 0 Å². The number of hydrogen-bond donors (Lipinski definition) is 1. The van der Waals surface area contributed by atoms with Crippen molar-refractivity contribution in [1.29, 1.82) is 0 Å². The first kappa shape index (κ1) is 21.4. The number of carbonyl (C=O) groups excluding carboxylic acids is 2. The van der Waals surface area contributed by atoms with Crippen LogP contribution in [0, 0.1) is 5.92 Å². The molecule has 1 N–H and O–H groups in total. The van der Waals surface area contributed by atoms with Crippen LogP contribution >= 0.6 is 0 Å². The Kier molecular flexibility index (Phi) is 11.7. The van der Waals surface area contributed by atoms with Crippen LogP contribution in [0.4, 0.5) is 0 Å². The van der Waals surface area contributed by atoms with Gasteiger partial charge < -0.3 is 5.32 Å². The van der Waals surface area contributed by atoms with Crippen LogP contribution in [0.25, 0.3) is 0 Å². The quantitative estimate of drug-likeness (QED) is 0.450. The number of ketones is 1. The van der Waals surface area contributed by atoms with Gasteiger partial charge in [-0.1, -0.05) is 83.4 Å². The van der Waals surface area contributed by atoms with Gasteiger partial charge in [0.25, 0.3) is 5.91 Å². The summed E-state index contributed by atoms with van der Waals surface area (Å²) >= 11 is 0. The first-order valence-corrected chi connectivity index (χ1v) is 10.0. The van der Waals surface area contributed by atoms with Crippen molar-refractivity contribution in [2.75, 3.05) is 6.54 Å². The van der Waals surface area contributed by atoms with Crippen molar-refractivity contribution >= 4 is 11.7 Å². The third-order valence-electron chi connectivity index (χ3n) is 4.73. The molecule has 0 unspecified atom stereocenters. The highest BCUT2D eigenvalue weighted by Crippen LogP contribution is 2.19. The first-order chi connectivity index (χ1) is 12.2. The molecule has 3 nitrogen and oxygen atoms in total. The molecule has 0 heterocycles. The average molecular weight is 346 g/mol. The lowest BCUT2D eigenvalue weighted by Crippen LogP contribution is -2.33. The lowest BCUT2D eigenvalue weighted by atomic mass is 9.90. The van der Waals surface area contributed by atoms with Crippen molar-refractivity contribution in [1.82, 2.24) is 5.32 Å². The molecule has 0 radical (unpaired) electrons. The van der Waals surface area contributed by atoms with Crippen molar-refractivity contribution in [2.45, 2.75) is 78.1 Å². The largest absolute Gasteiger partial charge is 0.345 e. The van der Waals surface area contributed by atoms with Gasteiger partial charge in [-0.3, -0.25) is 9.59 Å². The smallest absolute Gasteiger partial charge is 0.251 e. The molecule has 0 bridgehead atoms. The molecular formula is C22H35NO2. The van der Waals surface area contributed by atoms with Crippen molar-refractivity contribution in [3.05, 3.63) is 35.9 Å². The van der Waals surface area contributed by atoms with Gasteiger partial charge in [0.05, 0.1) is 6.54 Å². The number of Topliss-reactive ketones (excluding diaryl/α,β-unsaturated/α-hetero) is 1. The van der Waals surface area contributed by atoms with Crippen LogP contribution in [0.15, 0.2) is 30.3 Å². The van der Waals surface area contributed by atoms with Gasteiger partial charge in [-0.15, -0.1) is 0 Å². The fourth-order valence-corrected chi connectivity index (χ4v) is 3.10. The van der Waals surface area contributed by atoms with Crippen LogP contribution in [0.3, 0.4) is 0 Å². The fourth-order valence-electron chi connectivity index (χ4n) is 3.10. The van der Waals surface area contributed by atoms with Gasteiger partial charge in [0, 0.05) is 11.5 Å². The first-order valence-electron chi connectivity index (χ1n) is 10.0. The van der Waals surface area contributed by atoms with E-state index in [-0.39, 0.29) is 24.2 Å². The molecule has 140 valence electrons. The van der Waals surface area contributed by atoms with Crippen LogP contribution in [-0.4, -0.2) is 18.2 Å². The van der Waals surface area contributed by atoms with Gasteiger partial charge in [0.15, 0.2) is 5.78 Å².